The molecular weight excluding hydrogens is 139 g/mol. The van der Waals surface area contributed by atoms with Crippen molar-refractivity contribution in [3.63, 3.8) is 0 Å². The molecule has 0 bridgehead atoms. The first-order chi connectivity index (χ1) is 3.98. The Balaban J connectivity index is 0.000000810. The molecule has 0 spiro atoms. The van der Waals surface area contributed by atoms with E-state index >= 15 is 0 Å². The third kappa shape index (κ3) is 1.39. The van der Waals surface area contributed by atoms with Gasteiger partial charge in [-0.1, -0.05) is 20.8 Å². The summed E-state index contributed by atoms with van der Waals surface area (Å²) in [5, 5.41) is 10.3. The Bertz CT molecular complexity index is 154. The van der Waals surface area contributed by atoms with Gasteiger partial charge in [-0.25, -0.2) is 0 Å². The van der Waals surface area contributed by atoms with Gasteiger partial charge in [-0.2, -0.15) is 0 Å². The van der Waals surface area contributed by atoms with Gasteiger partial charge in [0.2, 0.25) is 0 Å². The molecule has 1 saturated carbocycles. The fraction of sp³-hybridized carbons (Fsp3) is 0.857. The summed E-state index contributed by atoms with van der Waals surface area (Å²) in [6.07, 6.45) is 0. The summed E-state index contributed by atoms with van der Waals surface area (Å²) in [4.78, 5) is 10.3. The van der Waals surface area contributed by atoms with Crippen LogP contribution in [0.5, 0.6) is 0 Å². The summed E-state index contributed by atoms with van der Waals surface area (Å²) < 4.78 is 0. The summed E-state index contributed by atoms with van der Waals surface area (Å²) in [5.41, 5.74) is -0.0150. The van der Waals surface area contributed by atoms with Crippen LogP contribution in [0, 0.1) is 17.3 Å². The van der Waals surface area contributed by atoms with Crippen LogP contribution in [-0.2, 0) is 4.79 Å². The molecule has 1 aliphatic carbocycles. The molecule has 0 saturated heterocycles. The van der Waals surface area contributed by atoms with Gasteiger partial charge < -0.3 is 9.90 Å². The van der Waals surface area contributed by atoms with E-state index in [9.17, 15) is 9.90 Å². The van der Waals surface area contributed by atoms with Gasteiger partial charge in [0.1, 0.15) is 0 Å². The number of rotatable bonds is 1. The van der Waals surface area contributed by atoms with E-state index in [2.05, 4.69) is 0 Å². The second kappa shape index (κ2) is 2.84. The Hall–Kier alpha value is 0.470. The van der Waals surface area contributed by atoms with Gasteiger partial charge in [-0.05, 0) is 11.3 Å². The Morgan fingerprint density at radius 1 is 1.50 bits per heavy atom. The minimum atomic E-state index is -0.896. The normalized spacial score (nSPS) is 34.3. The van der Waals surface area contributed by atoms with Gasteiger partial charge in [-0.3, -0.25) is 0 Å². The summed E-state index contributed by atoms with van der Waals surface area (Å²) in [6.45, 7) is 5.86. The van der Waals surface area contributed by atoms with E-state index in [1.165, 1.54) is 0 Å². The van der Waals surface area contributed by atoms with Gasteiger partial charge >= 0.3 is 29.6 Å². The molecule has 0 aliphatic heterocycles. The van der Waals surface area contributed by atoms with Crippen LogP contribution in [0.2, 0.25) is 0 Å². The number of hydrogen-bond donors (Lipinski definition) is 0. The quantitative estimate of drug-likeness (QED) is 0.374. The fourth-order valence-corrected chi connectivity index (χ4v) is 1.40. The predicted molar refractivity (Wildman–Crippen MR) is 31.4 cm³/mol. The zero-order valence-electron chi connectivity index (χ0n) is 6.97. The molecule has 0 aromatic rings. The minimum Gasteiger partial charge on any atom is -0.550 e. The van der Waals surface area contributed by atoms with Crippen molar-refractivity contribution < 1.29 is 39.5 Å². The molecule has 3 heteroatoms. The van der Waals surface area contributed by atoms with E-state index in [0.29, 0.717) is 5.92 Å². The molecule has 0 aromatic heterocycles. The van der Waals surface area contributed by atoms with E-state index in [0.717, 1.165) is 0 Å². The summed E-state index contributed by atoms with van der Waals surface area (Å²) in [6, 6.07) is 0. The van der Waals surface area contributed by atoms with Crippen molar-refractivity contribution in [2.75, 3.05) is 0 Å². The number of carbonyl (C=O) groups is 1. The number of carboxylic acids is 1. The third-order valence-corrected chi connectivity index (χ3v) is 2.62. The molecule has 1 rings (SSSR count). The zero-order valence-corrected chi connectivity index (χ0v) is 8.97. The van der Waals surface area contributed by atoms with Crippen LogP contribution in [0.25, 0.3) is 0 Å². The molecular formula is C7H11NaO2. The van der Waals surface area contributed by atoms with Crippen LogP contribution in [0.15, 0.2) is 0 Å². The van der Waals surface area contributed by atoms with Crippen molar-refractivity contribution >= 4 is 5.97 Å². The van der Waals surface area contributed by atoms with Gasteiger partial charge in [0.05, 0.1) is 0 Å². The molecule has 2 unspecified atom stereocenters. The molecule has 0 radical (unpaired) electrons. The monoisotopic (exact) mass is 150 g/mol. The fourth-order valence-electron chi connectivity index (χ4n) is 1.40. The maximum absolute atomic E-state index is 10.3. The van der Waals surface area contributed by atoms with Crippen molar-refractivity contribution in [3.8, 4) is 0 Å². The number of hydrogen-bond acceptors (Lipinski definition) is 2. The molecule has 0 heterocycles. The third-order valence-electron chi connectivity index (χ3n) is 2.62. The van der Waals surface area contributed by atoms with Crippen LogP contribution in [-0.4, -0.2) is 5.97 Å². The summed E-state index contributed by atoms with van der Waals surface area (Å²) >= 11 is 0. The van der Waals surface area contributed by atoms with Gasteiger partial charge in [0.15, 0.2) is 0 Å². The van der Waals surface area contributed by atoms with E-state index < -0.39 is 5.97 Å². The Labute approximate surface area is 83.3 Å². The van der Waals surface area contributed by atoms with Crippen LogP contribution in [0.1, 0.15) is 20.8 Å². The summed E-state index contributed by atoms with van der Waals surface area (Å²) in [7, 11) is 0. The first kappa shape index (κ1) is 10.5. The number of aliphatic carboxylic acids is 1. The number of carboxylic acid groups (broad SMARTS) is 1. The zero-order chi connectivity index (χ0) is 7.23. The molecule has 0 aromatic carbocycles. The van der Waals surface area contributed by atoms with Crippen molar-refractivity contribution in [2.45, 2.75) is 20.8 Å². The van der Waals surface area contributed by atoms with Crippen molar-refractivity contribution in [1.29, 1.82) is 0 Å². The van der Waals surface area contributed by atoms with Crippen molar-refractivity contribution in [1.82, 2.24) is 0 Å². The van der Waals surface area contributed by atoms with E-state index in [4.69, 9.17) is 0 Å². The Morgan fingerprint density at radius 2 is 1.80 bits per heavy atom. The number of carbonyl (C=O) groups excluding carboxylic acids is 1. The molecule has 1 fully saturated rings. The molecule has 0 amide bonds. The maximum Gasteiger partial charge on any atom is 1.00 e. The van der Waals surface area contributed by atoms with Crippen molar-refractivity contribution in [3.05, 3.63) is 0 Å². The van der Waals surface area contributed by atoms with Gasteiger partial charge in [0, 0.05) is 11.9 Å². The first-order valence-electron chi connectivity index (χ1n) is 3.18. The SMILES string of the molecule is CC1C(C(=O)[O-])C1(C)C.[Na+]. The average Bonchev–Trinajstić information content (AvgIpc) is 2.07. The van der Waals surface area contributed by atoms with Crippen LogP contribution < -0.4 is 34.7 Å². The molecule has 1 aliphatic rings. The second-order valence-electron chi connectivity index (χ2n) is 3.41. The molecule has 0 N–H and O–H groups in total. The first-order valence-corrected chi connectivity index (χ1v) is 3.18. The molecule has 2 nitrogen and oxygen atoms in total. The van der Waals surface area contributed by atoms with E-state index in [1.807, 2.05) is 20.8 Å². The van der Waals surface area contributed by atoms with Gasteiger partial charge in [0.25, 0.3) is 0 Å². The second-order valence-corrected chi connectivity index (χ2v) is 3.41. The van der Waals surface area contributed by atoms with Crippen LogP contribution in [0.3, 0.4) is 0 Å². The molecule has 52 valence electrons. The minimum absolute atomic E-state index is 0. The Kier molecular flexibility index (Phi) is 2.97. The van der Waals surface area contributed by atoms with Crippen LogP contribution >= 0.6 is 0 Å². The van der Waals surface area contributed by atoms with E-state index in [1.54, 1.807) is 0 Å². The molecule has 10 heavy (non-hydrogen) atoms. The maximum atomic E-state index is 10.3. The predicted octanol–water partition coefficient (Wildman–Crippen LogP) is -2.97. The largest absolute Gasteiger partial charge is 1.00 e. The molecule has 2 atom stereocenters. The van der Waals surface area contributed by atoms with Gasteiger partial charge in [-0.15, -0.1) is 0 Å². The Morgan fingerprint density at radius 3 is 1.80 bits per heavy atom. The smallest absolute Gasteiger partial charge is 0.550 e. The average molecular weight is 150 g/mol. The van der Waals surface area contributed by atoms with Crippen LogP contribution in [0.4, 0.5) is 0 Å². The standard InChI is InChI=1S/C7H12O2.Na/c1-4-5(6(8)9)7(4,2)3;/h4-5H,1-3H3,(H,8,9);/q;+1/p-1. The topological polar surface area (TPSA) is 40.1 Å². The van der Waals surface area contributed by atoms with Crippen molar-refractivity contribution in [2.24, 2.45) is 17.3 Å². The summed E-state index contributed by atoms with van der Waals surface area (Å²) in [5.74, 6) is -0.813. The van der Waals surface area contributed by atoms with E-state index in [-0.39, 0.29) is 40.9 Å².